The third-order valence-electron chi connectivity index (χ3n) is 5.53. The van der Waals surface area contributed by atoms with Crippen molar-refractivity contribution in [2.75, 3.05) is 5.73 Å². The van der Waals surface area contributed by atoms with Gasteiger partial charge in [0.15, 0.2) is 5.58 Å². The number of amides is 1. The van der Waals surface area contributed by atoms with E-state index in [1.54, 1.807) is 42.0 Å². The molecule has 0 saturated heterocycles. The van der Waals surface area contributed by atoms with E-state index in [0.717, 1.165) is 0 Å². The molecule has 1 unspecified atom stereocenters. The van der Waals surface area contributed by atoms with Crippen LogP contribution in [0.15, 0.2) is 82.1 Å². The number of anilines is 1. The van der Waals surface area contributed by atoms with Crippen molar-refractivity contribution in [3.63, 3.8) is 0 Å². The molecule has 0 bridgehead atoms. The molecule has 3 N–H and O–H groups in total. The standard InChI is InChI=1S/C25H19ClN4O3/c1-14(29-24(31)21-22-19(33-23(21)27)11-6-12-28-22)18-13-15-7-5-10-17(26)20(15)25(32)30(18)16-8-3-2-4-9-16/h2-14H,27H2,1H3,(H,29,31). The largest absolute Gasteiger partial charge is 0.438 e. The van der Waals surface area contributed by atoms with Crippen LogP contribution in [-0.2, 0) is 0 Å². The van der Waals surface area contributed by atoms with E-state index < -0.39 is 11.9 Å². The highest BCUT2D eigenvalue weighted by Crippen LogP contribution is 2.28. The lowest BCUT2D eigenvalue weighted by molar-refractivity contribution is 0.0940. The first kappa shape index (κ1) is 20.8. The number of nitrogens with two attached hydrogens (primary N) is 1. The molecule has 1 atom stereocenters. The zero-order valence-corrected chi connectivity index (χ0v) is 18.3. The summed E-state index contributed by atoms with van der Waals surface area (Å²) in [7, 11) is 0. The van der Waals surface area contributed by atoms with Crippen molar-refractivity contribution in [3.8, 4) is 5.69 Å². The predicted octanol–water partition coefficient (Wildman–Crippen LogP) is 4.86. The first-order valence-electron chi connectivity index (χ1n) is 10.3. The number of benzene rings is 2. The van der Waals surface area contributed by atoms with Crippen LogP contribution in [0, 0.1) is 0 Å². The normalized spacial score (nSPS) is 12.2. The topological polar surface area (TPSA) is 103 Å². The number of halogens is 1. The number of aromatic nitrogens is 2. The quantitative estimate of drug-likeness (QED) is 0.400. The van der Waals surface area contributed by atoms with Gasteiger partial charge in [0, 0.05) is 17.6 Å². The van der Waals surface area contributed by atoms with Crippen molar-refractivity contribution in [1.29, 1.82) is 0 Å². The van der Waals surface area contributed by atoms with Gasteiger partial charge in [0.05, 0.1) is 16.5 Å². The van der Waals surface area contributed by atoms with Crippen LogP contribution in [0.1, 0.15) is 29.0 Å². The molecule has 5 rings (SSSR count). The summed E-state index contributed by atoms with van der Waals surface area (Å²) in [6.45, 7) is 1.80. The number of hydrogen-bond donors (Lipinski definition) is 2. The van der Waals surface area contributed by atoms with E-state index in [-0.39, 0.29) is 17.0 Å². The fraction of sp³-hybridized carbons (Fsp3) is 0.0800. The Labute approximate surface area is 193 Å². The number of hydrogen-bond acceptors (Lipinski definition) is 5. The van der Waals surface area contributed by atoms with E-state index in [4.69, 9.17) is 21.8 Å². The summed E-state index contributed by atoms with van der Waals surface area (Å²) in [4.78, 5) is 30.9. The van der Waals surface area contributed by atoms with Gasteiger partial charge in [-0.3, -0.25) is 19.1 Å². The van der Waals surface area contributed by atoms with E-state index in [9.17, 15) is 9.59 Å². The molecule has 5 aromatic rings. The first-order chi connectivity index (χ1) is 16.0. The van der Waals surface area contributed by atoms with Crippen LogP contribution in [0.4, 0.5) is 5.88 Å². The van der Waals surface area contributed by atoms with Crippen LogP contribution in [0.3, 0.4) is 0 Å². The van der Waals surface area contributed by atoms with Crippen molar-refractivity contribution in [2.45, 2.75) is 13.0 Å². The molecule has 0 radical (unpaired) electrons. The monoisotopic (exact) mass is 458 g/mol. The maximum atomic E-state index is 13.5. The Morgan fingerprint density at radius 1 is 1.12 bits per heavy atom. The predicted molar refractivity (Wildman–Crippen MR) is 129 cm³/mol. The molecular formula is C25H19ClN4O3. The second-order valence-electron chi connectivity index (χ2n) is 7.64. The van der Waals surface area contributed by atoms with Crippen LogP contribution in [0.5, 0.6) is 0 Å². The molecule has 1 amide bonds. The van der Waals surface area contributed by atoms with E-state index >= 15 is 0 Å². The van der Waals surface area contributed by atoms with Gasteiger partial charge in [0.25, 0.3) is 11.5 Å². The van der Waals surface area contributed by atoms with Gasteiger partial charge in [-0.05, 0) is 48.7 Å². The molecule has 0 aliphatic rings. The Bertz CT molecular complexity index is 1570. The number of nitrogen functional groups attached to an aromatic ring is 1. The third-order valence-corrected chi connectivity index (χ3v) is 5.85. The summed E-state index contributed by atoms with van der Waals surface area (Å²) in [5.41, 5.74) is 7.92. The Kier molecular flexibility index (Phi) is 5.11. The third kappa shape index (κ3) is 3.52. The summed E-state index contributed by atoms with van der Waals surface area (Å²) < 4.78 is 7.04. The van der Waals surface area contributed by atoms with E-state index in [0.29, 0.717) is 38.3 Å². The fourth-order valence-corrected chi connectivity index (χ4v) is 4.27. The highest BCUT2D eigenvalue weighted by molar-refractivity contribution is 6.35. The second kappa shape index (κ2) is 8.11. The minimum absolute atomic E-state index is 0.0147. The van der Waals surface area contributed by atoms with Crippen molar-refractivity contribution >= 4 is 45.3 Å². The molecule has 33 heavy (non-hydrogen) atoms. The Hall–Kier alpha value is -4.10. The van der Waals surface area contributed by atoms with Crippen LogP contribution < -0.4 is 16.6 Å². The lowest BCUT2D eigenvalue weighted by Gasteiger charge is -2.21. The van der Waals surface area contributed by atoms with Gasteiger partial charge in [-0.25, -0.2) is 0 Å². The molecule has 0 aliphatic carbocycles. The average molecular weight is 459 g/mol. The van der Waals surface area contributed by atoms with Gasteiger partial charge in [-0.15, -0.1) is 0 Å². The van der Waals surface area contributed by atoms with Crippen molar-refractivity contribution < 1.29 is 9.21 Å². The lowest BCUT2D eigenvalue weighted by Crippen LogP contribution is -2.32. The number of fused-ring (bicyclic) bond motifs is 2. The number of furan rings is 1. The molecule has 164 valence electrons. The number of nitrogens with one attached hydrogen (secondary N) is 1. The molecular weight excluding hydrogens is 440 g/mol. The zero-order valence-electron chi connectivity index (χ0n) is 17.6. The number of carbonyl (C=O) groups excluding carboxylic acids is 1. The summed E-state index contributed by atoms with van der Waals surface area (Å²) >= 11 is 6.36. The molecule has 0 spiro atoms. The molecule has 0 aliphatic heterocycles. The highest BCUT2D eigenvalue weighted by atomic mass is 35.5. The highest BCUT2D eigenvalue weighted by Gasteiger charge is 2.24. The van der Waals surface area contributed by atoms with Crippen LogP contribution in [-0.4, -0.2) is 15.5 Å². The Balaban J connectivity index is 1.64. The van der Waals surface area contributed by atoms with Crippen LogP contribution in [0.25, 0.3) is 27.6 Å². The number of carbonyl (C=O) groups is 1. The van der Waals surface area contributed by atoms with Gasteiger partial charge in [-0.2, -0.15) is 0 Å². The number of pyridine rings is 2. The van der Waals surface area contributed by atoms with E-state index in [1.165, 1.54) is 0 Å². The maximum absolute atomic E-state index is 13.5. The summed E-state index contributed by atoms with van der Waals surface area (Å²) in [6, 6.07) is 19.2. The maximum Gasteiger partial charge on any atom is 0.264 e. The molecule has 3 heterocycles. The molecule has 2 aromatic carbocycles. The Morgan fingerprint density at radius 3 is 2.70 bits per heavy atom. The first-order valence-corrected chi connectivity index (χ1v) is 10.7. The van der Waals surface area contributed by atoms with Gasteiger partial charge >= 0.3 is 0 Å². The van der Waals surface area contributed by atoms with E-state index in [2.05, 4.69) is 10.3 Å². The summed E-state index contributed by atoms with van der Waals surface area (Å²) in [5.74, 6) is -0.463. The van der Waals surface area contributed by atoms with Crippen molar-refractivity contribution in [2.24, 2.45) is 0 Å². The lowest BCUT2D eigenvalue weighted by atomic mass is 10.1. The Morgan fingerprint density at radius 2 is 1.91 bits per heavy atom. The minimum atomic E-state index is -0.554. The minimum Gasteiger partial charge on any atom is -0.438 e. The van der Waals surface area contributed by atoms with Gasteiger partial charge in [0.1, 0.15) is 11.1 Å². The van der Waals surface area contributed by atoms with E-state index in [1.807, 2.05) is 42.5 Å². The molecule has 8 heteroatoms. The summed E-state index contributed by atoms with van der Waals surface area (Å²) in [6.07, 6.45) is 1.57. The van der Waals surface area contributed by atoms with Crippen LogP contribution >= 0.6 is 11.6 Å². The molecule has 3 aromatic heterocycles. The molecule has 0 saturated carbocycles. The van der Waals surface area contributed by atoms with Crippen molar-refractivity contribution in [3.05, 3.63) is 99.6 Å². The number of para-hydroxylation sites is 1. The second-order valence-corrected chi connectivity index (χ2v) is 8.04. The zero-order chi connectivity index (χ0) is 23.1. The molecule has 7 nitrogen and oxygen atoms in total. The SMILES string of the molecule is CC(NC(=O)c1c(N)oc2cccnc12)c1cc2cccc(Cl)c2c(=O)n1-c1ccccc1. The fourth-order valence-electron chi connectivity index (χ4n) is 4.01. The van der Waals surface area contributed by atoms with Gasteiger partial charge in [0.2, 0.25) is 5.88 Å². The summed E-state index contributed by atoms with van der Waals surface area (Å²) in [5, 5.41) is 4.41. The van der Waals surface area contributed by atoms with Gasteiger partial charge in [-0.1, -0.05) is 41.9 Å². The van der Waals surface area contributed by atoms with Crippen molar-refractivity contribution in [1.82, 2.24) is 14.9 Å². The smallest absolute Gasteiger partial charge is 0.264 e. The average Bonchev–Trinajstić information content (AvgIpc) is 3.15. The molecule has 0 fully saturated rings. The number of rotatable bonds is 4. The van der Waals surface area contributed by atoms with Gasteiger partial charge < -0.3 is 15.5 Å². The number of nitrogens with zero attached hydrogens (tertiary/aromatic N) is 2. The van der Waals surface area contributed by atoms with Crippen LogP contribution in [0.2, 0.25) is 5.02 Å².